The fraction of sp³-hybridized carbons (Fsp3) is 0.900. The SMILES string of the molecule is CC(N)CCC(=O)N1CCOCC1C. The summed E-state index contributed by atoms with van der Waals surface area (Å²) in [6.07, 6.45) is 1.32. The Labute approximate surface area is 85.4 Å². The second-order valence-corrected chi connectivity index (χ2v) is 4.03. The van der Waals surface area contributed by atoms with Crippen molar-refractivity contribution in [2.75, 3.05) is 19.8 Å². The second-order valence-electron chi connectivity index (χ2n) is 4.03. The molecule has 2 unspecified atom stereocenters. The Bertz CT molecular complexity index is 195. The normalized spacial score (nSPS) is 24.8. The number of nitrogens with two attached hydrogens (primary N) is 1. The first-order valence-corrected chi connectivity index (χ1v) is 5.24. The van der Waals surface area contributed by atoms with Crippen molar-refractivity contribution >= 4 is 5.91 Å². The van der Waals surface area contributed by atoms with Gasteiger partial charge in [0.15, 0.2) is 0 Å². The van der Waals surface area contributed by atoms with Crippen LogP contribution in [0.2, 0.25) is 0 Å². The van der Waals surface area contributed by atoms with E-state index in [1.165, 1.54) is 0 Å². The van der Waals surface area contributed by atoms with Crippen LogP contribution in [0.4, 0.5) is 0 Å². The minimum Gasteiger partial charge on any atom is -0.377 e. The van der Waals surface area contributed by atoms with Gasteiger partial charge in [-0.15, -0.1) is 0 Å². The third-order valence-electron chi connectivity index (χ3n) is 2.50. The highest BCUT2D eigenvalue weighted by molar-refractivity contribution is 5.76. The molecule has 0 aromatic heterocycles. The maximum atomic E-state index is 11.7. The van der Waals surface area contributed by atoms with Gasteiger partial charge >= 0.3 is 0 Å². The van der Waals surface area contributed by atoms with Gasteiger partial charge in [-0.2, -0.15) is 0 Å². The molecule has 0 radical (unpaired) electrons. The predicted molar refractivity (Wildman–Crippen MR) is 54.9 cm³/mol. The zero-order valence-electron chi connectivity index (χ0n) is 9.03. The number of hydrogen-bond donors (Lipinski definition) is 1. The smallest absolute Gasteiger partial charge is 0.223 e. The summed E-state index contributed by atoms with van der Waals surface area (Å²) in [5.41, 5.74) is 5.61. The van der Waals surface area contributed by atoms with Crippen LogP contribution < -0.4 is 5.73 Å². The molecule has 1 amide bonds. The lowest BCUT2D eigenvalue weighted by molar-refractivity contribution is -0.139. The van der Waals surface area contributed by atoms with E-state index in [4.69, 9.17) is 10.5 Å². The molecule has 0 aromatic rings. The standard InChI is InChI=1S/C10H20N2O2/c1-8(11)3-4-10(13)12-5-6-14-7-9(12)2/h8-9H,3-7,11H2,1-2H3. The van der Waals surface area contributed by atoms with Crippen LogP contribution in [0, 0.1) is 0 Å². The first-order valence-electron chi connectivity index (χ1n) is 5.24. The van der Waals surface area contributed by atoms with Crippen molar-refractivity contribution in [3.05, 3.63) is 0 Å². The molecule has 1 saturated heterocycles. The molecule has 1 aliphatic heterocycles. The van der Waals surface area contributed by atoms with Crippen LogP contribution in [0.1, 0.15) is 26.7 Å². The van der Waals surface area contributed by atoms with E-state index in [9.17, 15) is 4.79 Å². The van der Waals surface area contributed by atoms with Gasteiger partial charge in [0.1, 0.15) is 0 Å². The van der Waals surface area contributed by atoms with E-state index in [2.05, 4.69) is 0 Å². The summed E-state index contributed by atoms with van der Waals surface area (Å²) in [7, 11) is 0. The Hall–Kier alpha value is -0.610. The molecule has 0 bridgehead atoms. The monoisotopic (exact) mass is 200 g/mol. The average Bonchev–Trinajstić information content (AvgIpc) is 2.15. The maximum Gasteiger partial charge on any atom is 0.223 e. The van der Waals surface area contributed by atoms with Gasteiger partial charge in [-0.1, -0.05) is 0 Å². The van der Waals surface area contributed by atoms with E-state index in [-0.39, 0.29) is 18.0 Å². The third-order valence-corrected chi connectivity index (χ3v) is 2.50. The van der Waals surface area contributed by atoms with E-state index in [1.54, 1.807) is 0 Å². The van der Waals surface area contributed by atoms with Gasteiger partial charge in [-0.25, -0.2) is 0 Å². The number of amides is 1. The molecule has 1 aliphatic rings. The van der Waals surface area contributed by atoms with Crippen LogP contribution in [0.15, 0.2) is 0 Å². The molecule has 2 atom stereocenters. The van der Waals surface area contributed by atoms with Gasteiger partial charge in [-0.05, 0) is 20.3 Å². The van der Waals surface area contributed by atoms with E-state index in [1.807, 2.05) is 18.7 Å². The number of morpholine rings is 1. The Kier molecular flexibility index (Phi) is 4.35. The molecule has 0 saturated carbocycles. The van der Waals surface area contributed by atoms with Crippen LogP contribution in [0.25, 0.3) is 0 Å². The first kappa shape index (κ1) is 11.5. The Morgan fingerprint density at radius 3 is 3.00 bits per heavy atom. The molecule has 0 spiro atoms. The maximum absolute atomic E-state index is 11.7. The Balaban J connectivity index is 2.34. The summed E-state index contributed by atoms with van der Waals surface area (Å²) >= 11 is 0. The fourth-order valence-corrected chi connectivity index (χ4v) is 1.59. The highest BCUT2D eigenvalue weighted by atomic mass is 16.5. The molecule has 1 fully saturated rings. The van der Waals surface area contributed by atoms with Gasteiger partial charge in [-0.3, -0.25) is 4.79 Å². The molecule has 14 heavy (non-hydrogen) atoms. The van der Waals surface area contributed by atoms with Crippen molar-refractivity contribution in [3.63, 3.8) is 0 Å². The molecule has 82 valence electrons. The van der Waals surface area contributed by atoms with E-state index < -0.39 is 0 Å². The summed E-state index contributed by atoms with van der Waals surface area (Å²) in [6, 6.07) is 0.319. The number of nitrogens with zero attached hydrogens (tertiary/aromatic N) is 1. The predicted octanol–water partition coefficient (Wildman–Crippen LogP) is 0.361. The van der Waals surface area contributed by atoms with E-state index in [0.29, 0.717) is 19.6 Å². The van der Waals surface area contributed by atoms with Crippen LogP contribution in [0.5, 0.6) is 0 Å². The highest BCUT2D eigenvalue weighted by Crippen LogP contribution is 2.09. The van der Waals surface area contributed by atoms with Crippen molar-refractivity contribution < 1.29 is 9.53 Å². The summed E-state index contributed by atoms with van der Waals surface area (Å²) in [4.78, 5) is 13.6. The van der Waals surface area contributed by atoms with Crippen molar-refractivity contribution in [1.82, 2.24) is 4.90 Å². The van der Waals surface area contributed by atoms with E-state index >= 15 is 0 Å². The summed E-state index contributed by atoms with van der Waals surface area (Å²) < 4.78 is 5.27. The zero-order valence-corrected chi connectivity index (χ0v) is 9.03. The van der Waals surface area contributed by atoms with Crippen molar-refractivity contribution in [2.24, 2.45) is 5.73 Å². The van der Waals surface area contributed by atoms with Crippen LogP contribution in [0.3, 0.4) is 0 Å². The zero-order chi connectivity index (χ0) is 10.6. The molecule has 4 nitrogen and oxygen atoms in total. The van der Waals surface area contributed by atoms with Crippen LogP contribution in [-0.2, 0) is 9.53 Å². The molecule has 1 heterocycles. The number of rotatable bonds is 3. The average molecular weight is 200 g/mol. The summed E-state index contributed by atoms with van der Waals surface area (Å²) in [5.74, 6) is 0.207. The van der Waals surface area contributed by atoms with Crippen LogP contribution in [-0.4, -0.2) is 42.6 Å². The van der Waals surface area contributed by atoms with Crippen LogP contribution >= 0.6 is 0 Å². The number of hydrogen-bond acceptors (Lipinski definition) is 3. The molecule has 0 aliphatic carbocycles. The molecule has 0 aromatic carbocycles. The van der Waals surface area contributed by atoms with Gasteiger partial charge in [0.25, 0.3) is 0 Å². The highest BCUT2D eigenvalue weighted by Gasteiger charge is 2.23. The quantitative estimate of drug-likeness (QED) is 0.715. The number of carbonyl (C=O) groups excluding carboxylic acids is 1. The molecule has 1 rings (SSSR count). The topological polar surface area (TPSA) is 55.6 Å². The lowest BCUT2D eigenvalue weighted by Crippen LogP contribution is -2.47. The lowest BCUT2D eigenvalue weighted by atomic mass is 10.1. The van der Waals surface area contributed by atoms with Gasteiger partial charge in [0.2, 0.25) is 5.91 Å². The van der Waals surface area contributed by atoms with Gasteiger partial charge in [0, 0.05) is 19.0 Å². The minimum atomic E-state index is 0.107. The third kappa shape index (κ3) is 3.27. The molecular weight excluding hydrogens is 180 g/mol. The largest absolute Gasteiger partial charge is 0.377 e. The molecule has 2 N–H and O–H groups in total. The Morgan fingerprint density at radius 2 is 2.43 bits per heavy atom. The number of carbonyl (C=O) groups is 1. The van der Waals surface area contributed by atoms with Crippen molar-refractivity contribution in [2.45, 2.75) is 38.8 Å². The summed E-state index contributed by atoms with van der Waals surface area (Å²) in [6.45, 7) is 5.98. The van der Waals surface area contributed by atoms with Gasteiger partial charge in [0.05, 0.1) is 19.3 Å². The lowest BCUT2D eigenvalue weighted by Gasteiger charge is -2.33. The van der Waals surface area contributed by atoms with Crippen molar-refractivity contribution in [1.29, 1.82) is 0 Å². The second kappa shape index (κ2) is 5.32. The van der Waals surface area contributed by atoms with Gasteiger partial charge < -0.3 is 15.4 Å². The van der Waals surface area contributed by atoms with E-state index in [0.717, 1.165) is 13.0 Å². The Morgan fingerprint density at radius 1 is 1.71 bits per heavy atom. The molecule has 4 heteroatoms. The summed E-state index contributed by atoms with van der Waals surface area (Å²) in [5, 5.41) is 0. The van der Waals surface area contributed by atoms with Crippen molar-refractivity contribution in [3.8, 4) is 0 Å². The first-order chi connectivity index (χ1) is 6.61. The fourth-order valence-electron chi connectivity index (χ4n) is 1.59. The minimum absolute atomic E-state index is 0.107. The molecular formula is C10H20N2O2. The number of ether oxygens (including phenoxy) is 1.